The third kappa shape index (κ3) is 28.5. The quantitative estimate of drug-likeness (QED) is 0.211. The first-order chi connectivity index (χ1) is 10.4. The van der Waals surface area contributed by atoms with E-state index < -0.39 is 0 Å². The van der Waals surface area contributed by atoms with E-state index >= 15 is 0 Å². The Morgan fingerprint density at radius 2 is 0.652 bits per heavy atom. The number of hydrogen-bond donors (Lipinski definition) is 0. The second-order valence-electron chi connectivity index (χ2n) is 6.70. The van der Waals surface area contributed by atoms with Crippen LogP contribution in [0.3, 0.4) is 0 Å². The van der Waals surface area contributed by atoms with Crippen LogP contribution in [-0.4, -0.2) is 21.1 Å². The maximum absolute atomic E-state index is 2.30. The van der Waals surface area contributed by atoms with Crippen molar-refractivity contribution in [2.45, 2.75) is 125 Å². The van der Waals surface area contributed by atoms with Gasteiger partial charge in [-0.3, -0.25) is 0 Å². The SMILES string of the molecule is CCCCCCCCC[CH2][Sn+2][CH2]CCCCCCCCC.[Cl-].[Cl-]. The molecule has 0 bridgehead atoms. The zero-order valence-corrected chi connectivity index (χ0v) is 20.3. The summed E-state index contributed by atoms with van der Waals surface area (Å²) in [5, 5.41) is 0. The summed E-state index contributed by atoms with van der Waals surface area (Å²) in [6.07, 6.45) is 23.8. The van der Waals surface area contributed by atoms with Gasteiger partial charge in [0, 0.05) is 0 Å². The van der Waals surface area contributed by atoms with Crippen LogP contribution in [0.15, 0.2) is 0 Å². The minimum Gasteiger partial charge on any atom is -1.00 e. The molecule has 0 radical (unpaired) electrons. The van der Waals surface area contributed by atoms with Crippen molar-refractivity contribution in [1.29, 1.82) is 0 Å². The van der Waals surface area contributed by atoms with E-state index in [1.54, 1.807) is 21.7 Å². The van der Waals surface area contributed by atoms with Crippen LogP contribution in [-0.2, 0) is 0 Å². The maximum atomic E-state index is 2.30. The monoisotopic (exact) mass is 472 g/mol. The van der Waals surface area contributed by atoms with Gasteiger partial charge in [0.15, 0.2) is 0 Å². The van der Waals surface area contributed by atoms with Gasteiger partial charge in [0.25, 0.3) is 0 Å². The molecule has 0 atom stereocenters. The van der Waals surface area contributed by atoms with Crippen molar-refractivity contribution < 1.29 is 24.8 Å². The summed E-state index contributed by atoms with van der Waals surface area (Å²) in [7, 11) is 0. The van der Waals surface area contributed by atoms with Gasteiger partial charge in [0.2, 0.25) is 0 Å². The summed E-state index contributed by atoms with van der Waals surface area (Å²) in [5.74, 6) is 0. The predicted molar refractivity (Wildman–Crippen MR) is 101 cm³/mol. The molecule has 0 aromatic heterocycles. The Kier molecular flexibility index (Phi) is 35.7. The zero-order chi connectivity index (χ0) is 15.4. The summed E-state index contributed by atoms with van der Waals surface area (Å²) in [6, 6.07) is 0. The predicted octanol–water partition coefficient (Wildman–Crippen LogP) is 1.82. The summed E-state index contributed by atoms with van der Waals surface area (Å²) in [5.41, 5.74) is 0. The fourth-order valence-corrected chi connectivity index (χ4v) is 6.46. The molecule has 0 rings (SSSR count). The van der Waals surface area contributed by atoms with Crippen molar-refractivity contribution in [2.24, 2.45) is 0 Å². The second-order valence-corrected chi connectivity index (χ2v) is 11.0. The van der Waals surface area contributed by atoms with Crippen LogP contribution in [0.25, 0.3) is 0 Å². The normalized spacial score (nSPS) is 9.83. The topological polar surface area (TPSA) is 0 Å². The molecule has 0 aliphatic rings. The number of halogens is 2. The van der Waals surface area contributed by atoms with Crippen LogP contribution in [0, 0.1) is 0 Å². The third-order valence-corrected chi connectivity index (χ3v) is 8.45. The van der Waals surface area contributed by atoms with Gasteiger partial charge in [0.1, 0.15) is 0 Å². The molecule has 0 unspecified atom stereocenters. The molecule has 0 heterocycles. The molecule has 0 aromatic rings. The average Bonchev–Trinajstić information content (AvgIpc) is 2.50. The molecular weight excluding hydrogens is 430 g/mol. The first kappa shape index (κ1) is 29.2. The van der Waals surface area contributed by atoms with Gasteiger partial charge in [-0.15, -0.1) is 0 Å². The number of unbranched alkanes of at least 4 members (excludes halogenated alkanes) is 14. The van der Waals surface area contributed by atoms with Crippen molar-refractivity contribution in [1.82, 2.24) is 0 Å². The molecule has 3 heteroatoms. The summed E-state index contributed by atoms with van der Waals surface area (Å²) in [6.45, 7) is 4.61. The van der Waals surface area contributed by atoms with Crippen LogP contribution in [0.4, 0.5) is 0 Å². The Morgan fingerprint density at radius 1 is 0.391 bits per heavy atom. The van der Waals surface area contributed by atoms with Crippen molar-refractivity contribution >= 4 is 21.1 Å². The molecule has 140 valence electrons. The Labute approximate surface area is 170 Å². The zero-order valence-electron chi connectivity index (χ0n) is 16.0. The standard InChI is InChI=1S/2C10H21.2ClH.Sn/c2*1-3-5-7-9-10-8-6-4-2;;;/h2*1,3-10H2,2H3;2*1H;/q;;;;+2/p-2. The van der Waals surface area contributed by atoms with E-state index in [1.165, 1.54) is 89.9 Å². The molecule has 0 spiro atoms. The molecule has 23 heavy (non-hydrogen) atoms. The first-order valence-electron chi connectivity index (χ1n) is 10.1. The Bertz CT molecular complexity index is 159. The Morgan fingerprint density at radius 3 is 0.957 bits per heavy atom. The van der Waals surface area contributed by atoms with Gasteiger partial charge in [-0.25, -0.2) is 0 Å². The molecule has 0 fully saturated rings. The molecule has 0 aliphatic heterocycles. The molecule has 0 saturated carbocycles. The van der Waals surface area contributed by atoms with E-state index in [1.807, 2.05) is 0 Å². The minimum absolute atomic E-state index is 0. The van der Waals surface area contributed by atoms with Crippen LogP contribution in [0.1, 0.15) is 117 Å². The summed E-state index contributed by atoms with van der Waals surface area (Å²) < 4.78 is 3.32. The summed E-state index contributed by atoms with van der Waals surface area (Å²) in [4.78, 5) is 0. The van der Waals surface area contributed by atoms with Crippen LogP contribution < -0.4 is 24.8 Å². The largest absolute Gasteiger partial charge is 1.00 e. The van der Waals surface area contributed by atoms with E-state index in [0.717, 1.165) is 0 Å². The van der Waals surface area contributed by atoms with Gasteiger partial charge in [0.05, 0.1) is 0 Å². The molecule has 0 N–H and O–H groups in total. The van der Waals surface area contributed by atoms with Crippen LogP contribution in [0.2, 0.25) is 8.87 Å². The maximum Gasteiger partial charge on any atom is -1.00 e. The molecular formula is C20H42Cl2Sn. The van der Waals surface area contributed by atoms with Gasteiger partial charge in [-0.2, -0.15) is 0 Å². The van der Waals surface area contributed by atoms with Crippen molar-refractivity contribution in [2.75, 3.05) is 0 Å². The molecule has 0 aromatic carbocycles. The Hall–Kier alpha value is 1.38. The van der Waals surface area contributed by atoms with E-state index in [9.17, 15) is 0 Å². The van der Waals surface area contributed by atoms with Gasteiger partial charge in [-0.05, 0) is 0 Å². The van der Waals surface area contributed by atoms with Crippen molar-refractivity contribution in [3.8, 4) is 0 Å². The molecule has 0 nitrogen and oxygen atoms in total. The minimum atomic E-state index is 0. The molecule has 0 amide bonds. The Balaban J connectivity index is -0.00000200. The third-order valence-electron chi connectivity index (χ3n) is 4.41. The smallest absolute Gasteiger partial charge is 1.00 e. The van der Waals surface area contributed by atoms with Gasteiger partial charge < -0.3 is 24.8 Å². The number of rotatable bonds is 18. The van der Waals surface area contributed by atoms with Gasteiger partial charge in [-0.1, -0.05) is 0 Å². The van der Waals surface area contributed by atoms with E-state index in [-0.39, 0.29) is 46.0 Å². The van der Waals surface area contributed by atoms with Crippen molar-refractivity contribution in [3.63, 3.8) is 0 Å². The average molecular weight is 472 g/mol. The second kappa shape index (κ2) is 28.2. The van der Waals surface area contributed by atoms with E-state index in [4.69, 9.17) is 0 Å². The van der Waals surface area contributed by atoms with Crippen molar-refractivity contribution in [3.05, 3.63) is 0 Å². The molecule has 0 aliphatic carbocycles. The van der Waals surface area contributed by atoms with Crippen LogP contribution in [0.5, 0.6) is 0 Å². The molecule has 0 saturated heterocycles. The summed E-state index contributed by atoms with van der Waals surface area (Å²) >= 11 is 0.0528. The number of hydrogen-bond acceptors (Lipinski definition) is 0. The fourth-order valence-electron chi connectivity index (χ4n) is 2.89. The van der Waals surface area contributed by atoms with Crippen LogP contribution >= 0.6 is 0 Å². The van der Waals surface area contributed by atoms with Gasteiger partial charge >= 0.3 is 147 Å². The fraction of sp³-hybridized carbons (Fsp3) is 1.00. The first-order valence-corrected chi connectivity index (χ1v) is 14.2. The van der Waals surface area contributed by atoms with E-state index in [2.05, 4.69) is 13.8 Å². The van der Waals surface area contributed by atoms with E-state index in [0.29, 0.717) is 0 Å².